The van der Waals surface area contributed by atoms with E-state index in [0.29, 0.717) is 6.04 Å². The highest BCUT2D eigenvalue weighted by molar-refractivity contribution is 7.98. The third-order valence-electron chi connectivity index (χ3n) is 3.38. The van der Waals surface area contributed by atoms with Crippen LogP contribution in [0.4, 0.5) is 5.69 Å². The first-order valence-electron chi connectivity index (χ1n) is 6.17. The van der Waals surface area contributed by atoms with Gasteiger partial charge in [0.1, 0.15) is 0 Å². The van der Waals surface area contributed by atoms with Crippen LogP contribution in [0, 0.1) is 0 Å². The summed E-state index contributed by atoms with van der Waals surface area (Å²) in [6.07, 6.45) is 2.12. The lowest BCUT2D eigenvalue weighted by Crippen LogP contribution is -2.61. The number of benzene rings is 1. The van der Waals surface area contributed by atoms with Crippen LogP contribution < -0.4 is 10.2 Å². The number of rotatable bonds is 2. The Morgan fingerprint density at radius 1 is 1.29 bits per heavy atom. The number of piperazine rings is 1. The Morgan fingerprint density at radius 3 is 2.53 bits per heavy atom. The van der Waals surface area contributed by atoms with Crippen molar-refractivity contribution in [3.8, 4) is 0 Å². The minimum absolute atomic E-state index is 0.199. The number of anilines is 1. The third kappa shape index (κ3) is 2.96. The van der Waals surface area contributed by atoms with Crippen molar-refractivity contribution in [1.82, 2.24) is 5.32 Å². The van der Waals surface area contributed by atoms with Gasteiger partial charge >= 0.3 is 0 Å². The average molecular weight is 250 g/mol. The van der Waals surface area contributed by atoms with Gasteiger partial charge in [-0.3, -0.25) is 0 Å². The largest absolute Gasteiger partial charge is 0.366 e. The van der Waals surface area contributed by atoms with Crippen LogP contribution >= 0.6 is 11.8 Å². The van der Waals surface area contributed by atoms with E-state index in [1.54, 1.807) is 11.8 Å². The summed E-state index contributed by atoms with van der Waals surface area (Å²) in [6, 6.07) is 9.46. The maximum atomic E-state index is 3.58. The Balaban J connectivity index is 2.18. The molecule has 1 saturated heterocycles. The molecule has 1 aliphatic rings. The summed E-state index contributed by atoms with van der Waals surface area (Å²) >= 11 is 1.79. The normalized spacial score (nSPS) is 23.8. The van der Waals surface area contributed by atoms with Gasteiger partial charge in [-0.05, 0) is 51.3 Å². The molecule has 1 atom stereocenters. The molecule has 1 fully saturated rings. The topological polar surface area (TPSA) is 15.3 Å². The summed E-state index contributed by atoms with van der Waals surface area (Å²) in [7, 11) is 0. The highest BCUT2D eigenvalue weighted by atomic mass is 32.2. The third-order valence-corrected chi connectivity index (χ3v) is 4.12. The minimum atomic E-state index is 0.199. The van der Waals surface area contributed by atoms with Crippen LogP contribution in [0.15, 0.2) is 29.2 Å². The van der Waals surface area contributed by atoms with Gasteiger partial charge < -0.3 is 10.2 Å². The second-order valence-corrected chi connectivity index (χ2v) is 6.32. The zero-order chi connectivity index (χ0) is 12.5. The van der Waals surface area contributed by atoms with Gasteiger partial charge in [0, 0.05) is 35.3 Å². The molecule has 2 nitrogen and oxygen atoms in total. The minimum Gasteiger partial charge on any atom is -0.366 e. The predicted molar refractivity (Wildman–Crippen MR) is 77.1 cm³/mol. The zero-order valence-corrected chi connectivity index (χ0v) is 12.0. The Morgan fingerprint density at radius 2 is 1.94 bits per heavy atom. The quantitative estimate of drug-likeness (QED) is 0.812. The SMILES string of the molecule is CSc1ccc(N2CC(C)(C)NCC2C)cc1. The summed E-state index contributed by atoms with van der Waals surface area (Å²) < 4.78 is 0. The fraction of sp³-hybridized carbons (Fsp3) is 0.571. The first kappa shape index (κ1) is 12.8. The van der Waals surface area contributed by atoms with Gasteiger partial charge in [0.25, 0.3) is 0 Å². The molecule has 94 valence electrons. The molecule has 0 aliphatic carbocycles. The summed E-state index contributed by atoms with van der Waals surface area (Å²) in [5.41, 5.74) is 1.54. The first-order valence-corrected chi connectivity index (χ1v) is 7.40. The van der Waals surface area contributed by atoms with Gasteiger partial charge in [-0.2, -0.15) is 0 Å². The lowest BCUT2D eigenvalue weighted by Gasteiger charge is -2.44. The second kappa shape index (κ2) is 4.91. The van der Waals surface area contributed by atoms with Crippen molar-refractivity contribution in [2.45, 2.75) is 37.2 Å². The molecule has 0 radical (unpaired) electrons. The van der Waals surface area contributed by atoms with E-state index in [-0.39, 0.29) is 5.54 Å². The summed E-state index contributed by atoms with van der Waals surface area (Å²) in [5, 5.41) is 3.58. The summed E-state index contributed by atoms with van der Waals surface area (Å²) in [5.74, 6) is 0. The van der Waals surface area contributed by atoms with Crippen LogP contribution in [0.1, 0.15) is 20.8 Å². The Hall–Kier alpha value is -0.670. The van der Waals surface area contributed by atoms with Crippen molar-refractivity contribution < 1.29 is 0 Å². The van der Waals surface area contributed by atoms with Crippen LogP contribution in [0.2, 0.25) is 0 Å². The molecule has 1 aromatic rings. The van der Waals surface area contributed by atoms with Crippen molar-refractivity contribution in [1.29, 1.82) is 0 Å². The fourth-order valence-corrected chi connectivity index (χ4v) is 2.70. The highest BCUT2D eigenvalue weighted by Crippen LogP contribution is 2.25. The zero-order valence-electron chi connectivity index (χ0n) is 11.2. The molecule has 0 aromatic heterocycles. The Labute approximate surface area is 109 Å². The van der Waals surface area contributed by atoms with Gasteiger partial charge in [0.2, 0.25) is 0 Å². The van der Waals surface area contributed by atoms with Crippen LogP contribution in [0.25, 0.3) is 0 Å². The van der Waals surface area contributed by atoms with E-state index >= 15 is 0 Å². The monoisotopic (exact) mass is 250 g/mol. The molecule has 1 aromatic carbocycles. The van der Waals surface area contributed by atoms with Crippen LogP contribution in [-0.2, 0) is 0 Å². The van der Waals surface area contributed by atoms with Gasteiger partial charge in [-0.1, -0.05) is 0 Å². The number of hydrogen-bond acceptors (Lipinski definition) is 3. The highest BCUT2D eigenvalue weighted by Gasteiger charge is 2.30. The second-order valence-electron chi connectivity index (χ2n) is 5.44. The molecule has 0 saturated carbocycles. The van der Waals surface area contributed by atoms with E-state index < -0.39 is 0 Å². The van der Waals surface area contributed by atoms with E-state index in [9.17, 15) is 0 Å². The van der Waals surface area contributed by atoms with E-state index in [0.717, 1.165) is 13.1 Å². The number of thioether (sulfide) groups is 1. The Kier molecular flexibility index (Phi) is 3.69. The number of hydrogen-bond donors (Lipinski definition) is 1. The van der Waals surface area contributed by atoms with Gasteiger partial charge in [0.05, 0.1) is 0 Å². The van der Waals surface area contributed by atoms with Crippen molar-refractivity contribution in [3.05, 3.63) is 24.3 Å². The van der Waals surface area contributed by atoms with Crippen LogP contribution in [0.5, 0.6) is 0 Å². The fourth-order valence-electron chi connectivity index (χ4n) is 2.29. The summed E-state index contributed by atoms with van der Waals surface area (Å²) in [6.45, 7) is 8.93. The van der Waals surface area contributed by atoms with Crippen LogP contribution in [0.3, 0.4) is 0 Å². The Bertz CT molecular complexity index is 372. The van der Waals surface area contributed by atoms with Crippen molar-refractivity contribution in [2.24, 2.45) is 0 Å². The van der Waals surface area contributed by atoms with E-state index in [1.165, 1.54) is 10.6 Å². The molecule has 2 rings (SSSR count). The lowest BCUT2D eigenvalue weighted by molar-refractivity contribution is 0.318. The summed E-state index contributed by atoms with van der Waals surface area (Å²) in [4.78, 5) is 3.83. The maximum Gasteiger partial charge on any atom is 0.0387 e. The van der Waals surface area contributed by atoms with E-state index in [1.807, 2.05) is 0 Å². The number of nitrogens with zero attached hydrogens (tertiary/aromatic N) is 1. The molecule has 1 N–H and O–H groups in total. The number of nitrogens with one attached hydrogen (secondary N) is 1. The molecule has 0 spiro atoms. The standard InChI is InChI=1S/C14H22N2S/c1-11-9-15-14(2,3)10-16(11)12-5-7-13(17-4)8-6-12/h5-8,11,15H,9-10H2,1-4H3. The average Bonchev–Trinajstić information content (AvgIpc) is 2.33. The van der Waals surface area contributed by atoms with Gasteiger partial charge in [-0.25, -0.2) is 0 Å². The molecule has 0 amide bonds. The predicted octanol–water partition coefficient (Wildman–Crippen LogP) is 2.99. The molecule has 0 bridgehead atoms. The van der Waals surface area contributed by atoms with Crippen molar-refractivity contribution in [2.75, 3.05) is 24.2 Å². The lowest BCUT2D eigenvalue weighted by atomic mass is 9.98. The molecule has 1 aliphatic heterocycles. The molecule has 1 unspecified atom stereocenters. The van der Waals surface area contributed by atoms with Gasteiger partial charge in [-0.15, -0.1) is 11.8 Å². The van der Waals surface area contributed by atoms with E-state index in [2.05, 4.69) is 61.5 Å². The molecular weight excluding hydrogens is 228 g/mol. The van der Waals surface area contributed by atoms with Crippen LogP contribution in [-0.4, -0.2) is 30.9 Å². The molecular formula is C14H22N2S. The smallest absolute Gasteiger partial charge is 0.0387 e. The first-order chi connectivity index (χ1) is 8.02. The van der Waals surface area contributed by atoms with Crippen molar-refractivity contribution in [3.63, 3.8) is 0 Å². The van der Waals surface area contributed by atoms with E-state index in [4.69, 9.17) is 0 Å². The van der Waals surface area contributed by atoms with Gasteiger partial charge in [0.15, 0.2) is 0 Å². The molecule has 17 heavy (non-hydrogen) atoms. The molecule has 1 heterocycles. The van der Waals surface area contributed by atoms with Crippen molar-refractivity contribution >= 4 is 17.4 Å². The molecule has 3 heteroatoms. The maximum absolute atomic E-state index is 3.58.